The van der Waals surface area contributed by atoms with Crippen molar-refractivity contribution in [3.05, 3.63) is 71.3 Å². The number of fused-ring (bicyclic) bond motifs is 3. The number of ether oxygens (including phenoxy) is 1. The summed E-state index contributed by atoms with van der Waals surface area (Å²) in [7, 11) is 0. The molecule has 128 valence electrons. The molecule has 2 atom stereocenters. The second-order valence-corrected chi connectivity index (χ2v) is 8.06. The van der Waals surface area contributed by atoms with Crippen LogP contribution in [0.5, 0.6) is 0 Å². The van der Waals surface area contributed by atoms with E-state index in [1.807, 2.05) is 24.3 Å². The zero-order valence-corrected chi connectivity index (χ0v) is 15.2. The number of carbonyl (C=O) groups excluding carboxylic acids is 1. The second-order valence-electron chi connectivity index (χ2n) is 8.06. The average Bonchev–Trinajstić information content (AvgIpc) is 2.97. The van der Waals surface area contributed by atoms with Crippen LogP contribution in [0.4, 0.5) is 0 Å². The van der Waals surface area contributed by atoms with Crippen LogP contribution < -0.4 is 0 Å². The van der Waals surface area contributed by atoms with Gasteiger partial charge < -0.3 is 4.74 Å². The molecule has 2 aromatic carbocycles. The maximum atomic E-state index is 12.9. The van der Waals surface area contributed by atoms with Crippen molar-refractivity contribution in [1.82, 2.24) is 0 Å². The maximum Gasteiger partial charge on any atom is 0.311 e. The van der Waals surface area contributed by atoms with E-state index in [4.69, 9.17) is 4.74 Å². The topological polar surface area (TPSA) is 26.3 Å². The normalized spacial score (nSPS) is 22.7. The van der Waals surface area contributed by atoms with E-state index in [0.717, 1.165) is 11.1 Å². The Balaban J connectivity index is 1.64. The maximum absolute atomic E-state index is 12.9. The number of allylic oxidation sites excluding steroid dienone is 2. The summed E-state index contributed by atoms with van der Waals surface area (Å²) in [5.74, 6) is 0.142. The lowest BCUT2D eigenvalue weighted by molar-refractivity contribution is -0.150. The van der Waals surface area contributed by atoms with E-state index in [-0.39, 0.29) is 29.3 Å². The molecule has 0 radical (unpaired) electrons. The van der Waals surface area contributed by atoms with Gasteiger partial charge in [0.15, 0.2) is 6.10 Å². The Labute approximate surface area is 149 Å². The molecule has 0 heterocycles. The minimum atomic E-state index is -0.288. The molecule has 0 saturated heterocycles. The monoisotopic (exact) mass is 332 g/mol. The van der Waals surface area contributed by atoms with Gasteiger partial charge in [0.1, 0.15) is 0 Å². The molecule has 1 saturated carbocycles. The Morgan fingerprint density at radius 3 is 2.00 bits per heavy atom. The summed E-state index contributed by atoms with van der Waals surface area (Å²) in [6, 6.07) is 16.4. The van der Waals surface area contributed by atoms with Gasteiger partial charge in [0.05, 0.1) is 5.92 Å². The number of esters is 1. The van der Waals surface area contributed by atoms with Gasteiger partial charge >= 0.3 is 5.97 Å². The Hall–Kier alpha value is -2.35. The van der Waals surface area contributed by atoms with Gasteiger partial charge in [-0.25, -0.2) is 0 Å². The number of carbonyl (C=O) groups is 1. The molecule has 2 heteroatoms. The van der Waals surface area contributed by atoms with Crippen molar-refractivity contribution in [3.8, 4) is 11.1 Å². The van der Waals surface area contributed by atoms with Gasteiger partial charge in [-0.3, -0.25) is 4.79 Å². The van der Waals surface area contributed by atoms with Crippen LogP contribution in [0.15, 0.2) is 60.2 Å². The Morgan fingerprint density at radius 1 is 0.960 bits per heavy atom. The van der Waals surface area contributed by atoms with Crippen LogP contribution in [0.1, 0.15) is 44.9 Å². The molecular weight excluding hydrogens is 308 g/mol. The van der Waals surface area contributed by atoms with Crippen molar-refractivity contribution in [1.29, 1.82) is 0 Å². The predicted octanol–water partition coefficient (Wildman–Crippen LogP) is 5.54. The predicted molar refractivity (Wildman–Crippen MR) is 100 cm³/mol. The van der Waals surface area contributed by atoms with Gasteiger partial charge in [-0.1, -0.05) is 74.0 Å². The number of rotatable bonds is 3. The molecule has 25 heavy (non-hydrogen) atoms. The van der Waals surface area contributed by atoms with Crippen molar-refractivity contribution in [3.63, 3.8) is 0 Å². The van der Waals surface area contributed by atoms with Crippen molar-refractivity contribution in [2.75, 3.05) is 0 Å². The molecule has 2 aromatic rings. The molecule has 0 aliphatic heterocycles. The van der Waals surface area contributed by atoms with Crippen LogP contribution in [0.25, 0.3) is 11.1 Å². The molecule has 2 aliphatic rings. The molecule has 0 spiro atoms. The SMILES string of the molecule is CC(C)=CC1C(C(=O)OC2c3ccccc3-c3ccccc32)C1(C)C. The minimum Gasteiger partial charge on any atom is -0.452 e. The zero-order valence-electron chi connectivity index (χ0n) is 15.2. The van der Waals surface area contributed by atoms with Gasteiger partial charge in [-0.15, -0.1) is 0 Å². The second kappa shape index (κ2) is 5.59. The first kappa shape index (κ1) is 16.1. The third-order valence-corrected chi connectivity index (χ3v) is 5.69. The summed E-state index contributed by atoms with van der Waals surface area (Å²) in [5, 5.41) is 0. The lowest BCUT2D eigenvalue weighted by Crippen LogP contribution is -2.15. The molecule has 4 rings (SSSR count). The smallest absolute Gasteiger partial charge is 0.311 e. The average molecular weight is 332 g/mol. The molecule has 2 aliphatic carbocycles. The summed E-state index contributed by atoms with van der Waals surface area (Å²) >= 11 is 0. The van der Waals surface area contributed by atoms with Crippen LogP contribution in [0, 0.1) is 17.3 Å². The largest absolute Gasteiger partial charge is 0.452 e. The lowest BCUT2D eigenvalue weighted by Gasteiger charge is -2.15. The molecule has 2 nitrogen and oxygen atoms in total. The van der Waals surface area contributed by atoms with E-state index in [1.54, 1.807) is 0 Å². The first-order chi connectivity index (χ1) is 11.9. The van der Waals surface area contributed by atoms with Crippen LogP contribution >= 0.6 is 0 Å². The first-order valence-corrected chi connectivity index (χ1v) is 8.95. The molecule has 0 amide bonds. The van der Waals surface area contributed by atoms with Crippen molar-refractivity contribution >= 4 is 5.97 Å². The van der Waals surface area contributed by atoms with Gasteiger partial charge in [-0.05, 0) is 36.3 Å². The van der Waals surface area contributed by atoms with Crippen molar-refractivity contribution in [2.45, 2.75) is 33.8 Å². The quantitative estimate of drug-likeness (QED) is 0.545. The number of hydrogen-bond donors (Lipinski definition) is 0. The molecule has 2 unspecified atom stereocenters. The standard InChI is InChI=1S/C23H24O2/c1-14(2)13-19-20(23(19,3)4)22(24)25-21-17-11-7-5-9-15(17)16-10-6-8-12-18(16)21/h5-13,19-21H,1-4H3. The van der Waals surface area contributed by atoms with Crippen molar-refractivity contribution in [2.24, 2.45) is 17.3 Å². The Morgan fingerprint density at radius 2 is 1.48 bits per heavy atom. The molecule has 1 fully saturated rings. The van der Waals surface area contributed by atoms with E-state index in [9.17, 15) is 4.79 Å². The lowest BCUT2D eigenvalue weighted by atomic mass is 10.1. The Bertz CT molecular complexity index is 826. The summed E-state index contributed by atoms with van der Waals surface area (Å²) < 4.78 is 6.07. The van der Waals surface area contributed by atoms with Crippen molar-refractivity contribution < 1.29 is 9.53 Å². The summed E-state index contributed by atoms with van der Waals surface area (Å²) in [4.78, 5) is 12.9. The summed E-state index contributed by atoms with van der Waals surface area (Å²) in [6.07, 6.45) is 1.92. The van der Waals surface area contributed by atoms with Gasteiger partial charge in [0.2, 0.25) is 0 Å². The highest BCUT2D eigenvalue weighted by Gasteiger charge is 2.61. The minimum absolute atomic E-state index is 0.0218. The molecule has 0 N–H and O–H groups in total. The van der Waals surface area contributed by atoms with E-state index in [0.29, 0.717) is 0 Å². The van der Waals surface area contributed by atoms with E-state index < -0.39 is 0 Å². The molecule has 0 bridgehead atoms. The van der Waals surface area contributed by atoms with Gasteiger partial charge in [0, 0.05) is 11.1 Å². The van der Waals surface area contributed by atoms with Crippen LogP contribution in [-0.2, 0) is 9.53 Å². The third kappa shape index (κ3) is 2.52. The fraction of sp³-hybridized carbons (Fsp3) is 0.348. The summed E-state index contributed by atoms with van der Waals surface area (Å²) in [5.41, 5.74) is 5.76. The highest BCUT2D eigenvalue weighted by atomic mass is 16.5. The van der Waals surface area contributed by atoms with E-state index >= 15 is 0 Å². The number of hydrogen-bond acceptors (Lipinski definition) is 2. The van der Waals surface area contributed by atoms with Crippen LogP contribution in [0.3, 0.4) is 0 Å². The van der Waals surface area contributed by atoms with Gasteiger partial charge in [0.25, 0.3) is 0 Å². The highest BCUT2D eigenvalue weighted by Crippen LogP contribution is 2.60. The molecule has 0 aromatic heterocycles. The van der Waals surface area contributed by atoms with E-state index in [1.165, 1.54) is 16.7 Å². The Kier molecular flexibility index (Phi) is 3.61. The van der Waals surface area contributed by atoms with Gasteiger partial charge in [-0.2, -0.15) is 0 Å². The molecular formula is C23H24O2. The van der Waals surface area contributed by atoms with Crippen LogP contribution in [0.2, 0.25) is 0 Å². The number of benzene rings is 2. The highest BCUT2D eigenvalue weighted by molar-refractivity contribution is 5.82. The third-order valence-electron chi connectivity index (χ3n) is 5.69. The van der Waals surface area contributed by atoms with Crippen LogP contribution in [-0.4, -0.2) is 5.97 Å². The summed E-state index contributed by atoms with van der Waals surface area (Å²) in [6.45, 7) is 8.47. The first-order valence-electron chi connectivity index (χ1n) is 8.95. The fourth-order valence-electron chi connectivity index (χ4n) is 4.22. The fourth-order valence-corrected chi connectivity index (χ4v) is 4.22. The van der Waals surface area contributed by atoms with E-state index in [2.05, 4.69) is 58.0 Å². The zero-order chi connectivity index (χ0) is 17.8.